The van der Waals surface area contributed by atoms with Gasteiger partial charge in [-0.1, -0.05) is 12.1 Å². The Hall–Kier alpha value is -2.19. The Bertz CT molecular complexity index is 677. The number of nitrogens with two attached hydrogens (primary N) is 1. The zero-order valence-electron chi connectivity index (χ0n) is 11.3. The second kappa shape index (κ2) is 7.00. The van der Waals surface area contributed by atoms with E-state index in [1.165, 1.54) is 6.20 Å². The molecule has 0 bridgehead atoms. The Labute approximate surface area is 123 Å². The van der Waals surface area contributed by atoms with Gasteiger partial charge in [0.05, 0.1) is 23.7 Å². The fraction of sp³-hybridized carbons (Fsp3) is 0.231. The monoisotopic (exact) mass is 308 g/mol. The van der Waals surface area contributed by atoms with Crippen molar-refractivity contribution in [1.29, 1.82) is 0 Å². The van der Waals surface area contributed by atoms with E-state index < -0.39 is 10.0 Å². The Kier molecular flexibility index (Phi) is 5.07. The number of nitrogens with zero attached hydrogens (tertiary/aromatic N) is 2. The van der Waals surface area contributed by atoms with E-state index in [2.05, 4.69) is 14.9 Å². The van der Waals surface area contributed by atoms with E-state index in [1.54, 1.807) is 36.4 Å². The number of nitrogens with one attached hydrogen (secondary N) is 1. The summed E-state index contributed by atoms with van der Waals surface area (Å²) >= 11 is 0. The summed E-state index contributed by atoms with van der Waals surface area (Å²) in [5.41, 5.74) is 6.72. The fourth-order valence-electron chi connectivity index (χ4n) is 1.56. The molecule has 112 valence electrons. The summed E-state index contributed by atoms with van der Waals surface area (Å²) in [6, 6.07) is 10.3. The molecule has 0 atom stereocenters. The van der Waals surface area contributed by atoms with E-state index in [-0.39, 0.29) is 18.9 Å². The average Bonchev–Trinajstić information content (AvgIpc) is 2.48. The molecule has 1 heterocycles. The molecule has 8 heteroatoms. The average molecular weight is 308 g/mol. The summed E-state index contributed by atoms with van der Waals surface area (Å²) in [6.07, 6.45) is 1.52. The molecule has 1 aromatic heterocycles. The number of para-hydroxylation sites is 2. The number of nitrogen functional groups attached to an aromatic ring is 1. The number of hydrogen-bond acceptors (Lipinski definition) is 6. The maximum Gasteiger partial charge on any atom is 0.215 e. The molecule has 0 saturated carbocycles. The van der Waals surface area contributed by atoms with Crippen molar-refractivity contribution in [1.82, 2.24) is 14.9 Å². The molecule has 0 saturated heterocycles. The van der Waals surface area contributed by atoms with Crippen LogP contribution in [0.15, 0.2) is 42.6 Å². The van der Waals surface area contributed by atoms with Crippen LogP contribution in [0.1, 0.15) is 5.69 Å². The zero-order valence-corrected chi connectivity index (χ0v) is 12.1. The number of aromatic nitrogens is 2. The van der Waals surface area contributed by atoms with Gasteiger partial charge < -0.3 is 10.5 Å². The van der Waals surface area contributed by atoms with Gasteiger partial charge in [-0.2, -0.15) is 10.2 Å². The van der Waals surface area contributed by atoms with Crippen molar-refractivity contribution in [2.24, 2.45) is 0 Å². The summed E-state index contributed by atoms with van der Waals surface area (Å²) < 4.78 is 31.4. The second-order valence-electron chi connectivity index (χ2n) is 4.24. The van der Waals surface area contributed by atoms with Crippen molar-refractivity contribution in [2.75, 3.05) is 18.1 Å². The highest BCUT2D eigenvalue weighted by Crippen LogP contribution is 2.19. The van der Waals surface area contributed by atoms with Gasteiger partial charge in [0.1, 0.15) is 12.4 Å². The molecule has 21 heavy (non-hydrogen) atoms. The maximum atomic E-state index is 11.8. The highest BCUT2D eigenvalue weighted by Gasteiger charge is 2.11. The fourth-order valence-corrected chi connectivity index (χ4v) is 2.37. The summed E-state index contributed by atoms with van der Waals surface area (Å²) in [5.74, 6) is 0.309. The van der Waals surface area contributed by atoms with Crippen LogP contribution in [0.25, 0.3) is 0 Å². The van der Waals surface area contributed by atoms with Gasteiger partial charge in [0, 0.05) is 6.20 Å². The lowest BCUT2D eigenvalue weighted by Gasteiger charge is -2.09. The largest absolute Gasteiger partial charge is 0.490 e. The van der Waals surface area contributed by atoms with Crippen LogP contribution in [-0.2, 0) is 16.6 Å². The van der Waals surface area contributed by atoms with Crippen molar-refractivity contribution in [3.05, 3.63) is 48.3 Å². The summed E-state index contributed by atoms with van der Waals surface area (Å²) in [4.78, 5) is 0. The van der Waals surface area contributed by atoms with Crippen LogP contribution >= 0.6 is 0 Å². The summed E-state index contributed by atoms with van der Waals surface area (Å²) in [7, 11) is -3.45. The van der Waals surface area contributed by atoms with Crippen LogP contribution in [0, 0.1) is 0 Å². The predicted octanol–water partition coefficient (Wildman–Crippen LogP) is 0.557. The number of hydrogen-bond donors (Lipinski definition) is 2. The van der Waals surface area contributed by atoms with Crippen LogP contribution in [0.2, 0.25) is 0 Å². The molecule has 3 N–H and O–H groups in total. The first kappa shape index (κ1) is 15.2. The molecular weight excluding hydrogens is 292 g/mol. The lowest BCUT2D eigenvalue weighted by Crippen LogP contribution is -2.29. The third-order valence-corrected chi connectivity index (χ3v) is 3.92. The van der Waals surface area contributed by atoms with Gasteiger partial charge in [0.15, 0.2) is 0 Å². The highest BCUT2D eigenvalue weighted by molar-refractivity contribution is 7.89. The number of benzene rings is 1. The molecule has 2 rings (SSSR count). The van der Waals surface area contributed by atoms with Gasteiger partial charge in [-0.3, -0.25) is 0 Å². The van der Waals surface area contributed by atoms with Crippen molar-refractivity contribution in [2.45, 2.75) is 6.54 Å². The van der Waals surface area contributed by atoms with Crippen LogP contribution in [0.4, 0.5) is 5.69 Å². The van der Waals surface area contributed by atoms with Crippen LogP contribution in [0.5, 0.6) is 5.75 Å². The predicted molar refractivity (Wildman–Crippen MR) is 79.0 cm³/mol. The number of ether oxygens (including phenoxy) is 1. The van der Waals surface area contributed by atoms with Gasteiger partial charge in [0.25, 0.3) is 0 Å². The Morgan fingerprint density at radius 1 is 1.19 bits per heavy atom. The van der Waals surface area contributed by atoms with E-state index >= 15 is 0 Å². The minimum atomic E-state index is -3.45. The van der Waals surface area contributed by atoms with Crippen LogP contribution in [0.3, 0.4) is 0 Å². The number of anilines is 1. The van der Waals surface area contributed by atoms with Crippen LogP contribution < -0.4 is 15.2 Å². The molecule has 0 unspecified atom stereocenters. The maximum absolute atomic E-state index is 11.8. The Morgan fingerprint density at radius 3 is 2.71 bits per heavy atom. The first-order valence-electron chi connectivity index (χ1n) is 6.28. The topological polar surface area (TPSA) is 107 Å². The molecule has 0 amide bonds. The highest BCUT2D eigenvalue weighted by atomic mass is 32.2. The summed E-state index contributed by atoms with van der Waals surface area (Å²) in [6.45, 7) is 0.119. The van der Waals surface area contributed by atoms with E-state index in [0.29, 0.717) is 17.1 Å². The number of rotatable bonds is 7. The summed E-state index contributed by atoms with van der Waals surface area (Å²) in [5, 5.41) is 7.47. The van der Waals surface area contributed by atoms with E-state index in [0.717, 1.165) is 0 Å². The second-order valence-corrected chi connectivity index (χ2v) is 6.17. The van der Waals surface area contributed by atoms with Gasteiger partial charge in [-0.25, -0.2) is 13.1 Å². The molecular formula is C13H16N4O3S. The van der Waals surface area contributed by atoms with Crippen molar-refractivity contribution in [3.63, 3.8) is 0 Å². The van der Waals surface area contributed by atoms with Crippen molar-refractivity contribution < 1.29 is 13.2 Å². The van der Waals surface area contributed by atoms with Gasteiger partial charge in [-0.05, 0) is 24.3 Å². The van der Waals surface area contributed by atoms with Gasteiger partial charge in [-0.15, -0.1) is 0 Å². The van der Waals surface area contributed by atoms with Crippen LogP contribution in [-0.4, -0.2) is 31.0 Å². The smallest absolute Gasteiger partial charge is 0.215 e. The quantitative estimate of drug-likeness (QED) is 0.724. The minimum Gasteiger partial charge on any atom is -0.490 e. The molecule has 0 aliphatic carbocycles. The zero-order chi connectivity index (χ0) is 15.1. The molecule has 0 fully saturated rings. The first-order valence-corrected chi connectivity index (χ1v) is 7.93. The molecule has 0 aliphatic heterocycles. The van der Waals surface area contributed by atoms with Crippen molar-refractivity contribution >= 4 is 15.7 Å². The minimum absolute atomic E-state index is 0.0179. The molecule has 0 spiro atoms. The number of sulfonamides is 1. The Balaban J connectivity index is 1.80. The SMILES string of the molecule is Nc1ccccc1OCCS(=O)(=O)NCc1cccnn1. The molecule has 7 nitrogen and oxygen atoms in total. The first-order chi connectivity index (χ1) is 10.1. The Morgan fingerprint density at radius 2 is 2.00 bits per heavy atom. The standard InChI is InChI=1S/C13H16N4O3S/c14-12-5-1-2-6-13(12)20-8-9-21(18,19)16-10-11-4-3-7-15-17-11/h1-7,16H,8-10,14H2. The van der Waals surface area contributed by atoms with E-state index in [4.69, 9.17) is 10.5 Å². The van der Waals surface area contributed by atoms with Crippen molar-refractivity contribution in [3.8, 4) is 5.75 Å². The third-order valence-electron chi connectivity index (χ3n) is 2.63. The van der Waals surface area contributed by atoms with E-state index in [1.807, 2.05) is 0 Å². The molecule has 2 aromatic rings. The molecule has 1 aromatic carbocycles. The van der Waals surface area contributed by atoms with Gasteiger partial charge in [0.2, 0.25) is 10.0 Å². The normalized spacial score (nSPS) is 11.2. The van der Waals surface area contributed by atoms with E-state index in [9.17, 15) is 8.42 Å². The molecule has 0 aliphatic rings. The lowest BCUT2D eigenvalue weighted by atomic mass is 10.3. The lowest BCUT2D eigenvalue weighted by molar-refractivity contribution is 0.342. The molecule has 0 radical (unpaired) electrons. The third kappa shape index (κ3) is 5.01. The van der Waals surface area contributed by atoms with Gasteiger partial charge >= 0.3 is 0 Å².